The fourth-order valence-corrected chi connectivity index (χ4v) is 3.08. The highest BCUT2D eigenvalue weighted by Gasteiger charge is 2.16. The van der Waals surface area contributed by atoms with Gasteiger partial charge in [0.15, 0.2) is 0 Å². The molecule has 0 spiro atoms. The summed E-state index contributed by atoms with van der Waals surface area (Å²) in [4.78, 5) is 21.9. The van der Waals surface area contributed by atoms with E-state index in [9.17, 15) is 4.79 Å². The maximum Gasteiger partial charge on any atom is 0.252 e. The number of carbonyl (C=O) groups is 1. The van der Waals surface area contributed by atoms with Crippen molar-refractivity contribution in [1.82, 2.24) is 9.97 Å². The van der Waals surface area contributed by atoms with Crippen molar-refractivity contribution in [2.24, 2.45) is 5.73 Å². The first-order chi connectivity index (χ1) is 10.1. The summed E-state index contributed by atoms with van der Waals surface area (Å²) in [6, 6.07) is 6.85. The van der Waals surface area contributed by atoms with Crippen LogP contribution in [0.25, 0.3) is 10.2 Å². The van der Waals surface area contributed by atoms with Gasteiger partial charge in [0.2, 0.25) is 5.88 Å². The highest BCUT2D eigenvalue weighted by atomic mass is 32.1. The van der Waals surface area contributed by atoms with E-state index in [2.05, 4.69) is 9.97 Å². The van der Waals surface area contributed by atoms with Gasteiger partial charge in [-0.05, 0) is 31.5 Å². The molecular formula is C15H13N3O2S. The van der Waals surface area contributed by atoms with Gasteiger partial charge in [0.25, 0.3) is 5.91 Å². The molecule has 0 atom stereocenters. The second-order valence-corrected chi connectivity index (χ2v) is 5.81. The molecule has 0 fully saturated rings. The number of amides is 1. The van der Waals surface area contributed by atoms with Gasteiger partial charge in [-0.2, -0.15) is 0 Å². The first-order valence-electron chi connectivity index (χ1n) is 6.35. The van der Waals surface area contributed by atoms with E-state index in [0.29, 0.717) is 17.2 Å². The molecule has 0 bridgehead atoms. The number of para-hydroxylation sites is 1. The number of rotatable bonds is 3. The highest BCUT2D eigenvalue weighted by Crippen LogP contribution is 2.36. The molecule has 0 radical (unpaired) electrons. The van der Waals surface area contributed by atoms with E-state index in [0.717, 1.165) is 15.8 Å². The van der Waals surface area contributed by atoms with Crippen LogP contribution in [0, 0.1) is 13.8 Å². The number of benzene rings is 1. The molecule has 2 heterocycles. The lowest BCUT2D eigenvalue weighted by molar-refractivity contribution is 0.0998. The van der Waals surface area contributed by atoms with E-state index in [1.165, 1.54) is 11.2 Å². The van der Waals surface area contributed by atoms with Gasteiger partial charge in [-0.25, -0.2) is 9.97 Å². The number of aryl methyl sites for hydroxylation is 2. The standard InChI is InChI=1S/C15H13N3O2S/c1-8-9(2)21-15-12(8)14(17-7-18-15)20-11-6-4-3-5-10(11)13(16)19/h3-7H,1-2H3,(H2,16,19). The van der Waals surface area contributed by atoms with Gasteiger partial charge < -0.3 is 10.5 Å². The van der Waals surface area contributed by atoms with Crippen LogP contribution in [0.5, 0.6) is 11.6 Å². The third kappa shape index (κ3) is 2.34. The average molecular weight is 299 g/mol. The Morgan fingerprint density at radius 2 is 2.00 bits per heavy atom. The Morgan fingerprint density at radius 1 is 1.24 bits per heavy atom. The Kier molecular flexibility index (Phi) is 3.31. The van der Waals surface area contributed by atoms with E-state index in [1.807, 2.05) is 13.8 Å². The number of hydrogen-bond donors (Lipinski definition) is 1. The highest BCUT2D eigenvalue weighted by molar-refractivity contribution is 7.18. The van der Waals surface area contributed by atoms with Crippen LogP contribution in [-0.2, 0) is 0 Å². The molecule has 5 nitrogen and oxygen atoms in total. The molecule has 0 aliphatic heterocycles. The Bertz CT molecular complexity index is 842. The molecule has 1 amide bonds. The number of carbonyl (C=O) groups excluding carboxylic acids is 1. The quantitative estimate of drug-likeness (QED) is 0.805. The van der Waals surface area contributed by atoms with Gasteiger partial charge in [0.05, 0.1) is 10.9 Å². The summed E-state index contributed by atoms with van der Waals surface area (Å²) in [6.07, 6.45) is 1.46. The molecule has 6 heteroatoms. The molecule has 0 saturated heterocycles. The van der Waals surface area contributed by atoms with E-state index in [1.54, 1.807) is 35.6 Å². The lowest BCUT2D eigenvalue weighted by atomic mass is 10.2. The van der Waals surface area contributed by atoms with Crippen LogP contribution >= 0.6 is 11.3 Å². The van der Waals surface area contributed by atoms with Gasteiger partial charge in [0.1, 0.15) is 16.9 Å². The summed E-state index contributed by atoms with van der Waals surface area (Å²) in [5.41, 5.74) is 6.78. The smallest absolute Gasteiger partial charge is 0.252 e. The number of aromatic nitrogens is 2. The molecular weight excluding hydrogens is 286 g/mol. The minimum atomic E-state index is -0.533. The van der Waals surface area contributed by atoms with Crippen molar-refractivity contribution in [3.63, 3.8) is 0 Å². The van der Waals surface area contributed by atoms with Gasteiger partial charge in [-0.15, -0.1) is 11.3 Å². The number of hydrogen-bond acceptors (Lipinski definition) is 5. The molecule has 3 aromatic rings. The summed E-state index contributed by atoms with van der Waals surface area (Å²) >= 11 is 1.59. The van der Waals surface area contributed by atoms with Crippen molar-refractivity contribution in [3.8, 4) is 11.6 Å². The molecule has 3 rings (SSSR count). The number of fused-ring (bicyclic) bond motifs is 1. The minimum Gasteiger partial charge on any atom is -0.437 e. The predicted octanol–water partition coefficient (Wildman–Crippen LogP) is 3.20. The van der Waals surface area contributed by atoms with Gasteiger partial charge in [-0.3, -0.25) is 4.79 Å². The Morgan fingerprint density at radius 3 is 2.76 bits per heavy atom. The van der Waals surface area contributed by atoms with E-state index >= 15 is 0 Å². The predicted molar refractivity (Wildman–Crippen MR) is 81.9 cm³/mol. The first-order valence-corrected chi connectivity index (χ1v) is 7.17. The molecule has 0 aliphatic carbocycles. The van der Waals surface area contributed by atoms with Crippen molar-refractivity contribution in [3.05, 3.63) is 46.6 Å². The van der Waals surface area contributed by atoms with Crippen LogP contribution in [0.2, 0.25) is 0 Å². The zero-order chi connectivity index (χ0) is 15.0. The lowest BCUT2D eigenvalue weighted by Crippen LogP contribution is -2.12. The normalized spacial score (nSPS) is 10.8. The molecule has 2 N–H and O–H groups in total. The van der Waals surface area contributed by atoms with Crippen molar-refractivity contribution >= 4 is 27.5 Å². The first kappa shape index (κ1) is 13.5. The second-order valence-electron chi connectivity index (χ2n) is 4.60. The van der Waals surface area contributed by atoms with E-state index in [-0.39, 0.29) is 0 Å². The number of primary amides is 1. The Hall–Kier alpha value is -2.47. The van der Waals surface area contributed by atoms with E-state index in [4.69, 9.17) is 10.5 Å². The third-order valence-corrected chi connectivity index (χ3v) is 4.40. The molecule has 21 heavy (non-hydrogen) atoms. The van der Waals surface area contributed by atoms with Crippen molar-refractivity contribution < 1.29 is 9.53 Å². The largest absolute Gasteiger partial charge is 0.437 e. The van der Waals surface area contributed by atoms with Crippen LogP contribution in [0.15, 0.2) is 30.6 Å². The number of nitrogens with zero attached hydrogens (tertiary/aromatic N) is 2. The van der Waals surface area contributed by atoms with Crippen molar-refractivity contribution in [2.45, 2.75) is 13.8 Å². The Balaban J connectivity index is 2.13. The maximum atomic E-state index is 11.5. The summed E-state index contributed by atoms with van der Waals surface area (Å²) in [5, 5.41) is 0.874. The molecule has 1 aromatic carbocycles. The van der Waals surface area contributed by atoms with Crippen LogP contribution in [0.1, 0.15) is 20.8 Å². The average Bonchev–Trinajstić information content (AvgIpc) is 2.75. The zero-order valence-electron chi connectivity index (χ0n) is 11.6. The molecule has 0 unspecified atom stereocenters. The third-order valence-electron chi connectivity index (χ3n) is 3.29. The Labute approximate surface area is 125 Å². The van der Waals surface area contributed by atoms with Crippen LogP contribution < -0.4 is 10.5 Å². The van der Waals surface area contributed by atoms with Gasteiger partial charge >= 0.3 is 0 Å². The van der Waals surface area contributed by atoms with Crippen molar-refractivity contribution in [1.29, 1.82) is 0 Å². The minimum absolute atomic E-state index is 0.328. The topological polar surface area (TPSA) is 78.1 Å². The number of nitrogens with two attached hydrogens (primary N) is 1. The van der Waals surface area contributed by atoms with Crippen LogP contribution in [0.3, 0.4) is 0 Å². The fraction of sp³-hybridized carbons (Fsp3) is 0.133. The summed E-state index contributed by atoms with van der Waals surface area (Å²) in [5.74, 6) is 0.304. The SMILES string of the molecule is Cc1sc2ncnc(Oc3ccccc3C(N)=O)c2c1C. The van der Waals surface area contributed by atoms with E-state index < -0.39 is 5.91 Å². The molecule has 0 aliphatic rings. The summed E-state index contributed by atoms with van der Waals surface area (Å²) < 4.78 is 5.83. The molecule has 106 valence electrons. The number of ether oxygens (including phenoxy) is 1. The zero-order valence-corrected chi connectivity index (χ0v) is 12.4. The molecule has 2 aromatic heterocycles. The lowest BCUT2D eigenvalue weighted by Gasteiger charge is -2.09. The number of thiophene rings is 1. The van der Waals surface area contributed by atoms with Crippen LogP contribution in [-0.4, -0.2) is 15.9 Å². The fourth-order valence-electron chi connectivity index (χ4n) is 2.09. The second kappa shape index (κ2) is 5.14. The van der Waals surface area contributed by atoms with Gasteiger partial charge in [0, 0.05) is 4.88 Å². The van der Waals surface area contributed by atoms with Crippen LogP contribution in [0.4, 0.5) is 0 Å². The van der Waals surface area contributed by atoms with Crippen molar-refractivity contribution in [2.75, 3.05) is 0 Å². The summed E-state index contributed by atoms with van der Waals surface area (Å²) in [6.45, 7) is 4.03. The van der Waals surface area contributed by atoms with Gasteiger partial charge in [-0.1, -0.05) is 12.1 Å². The maximum absolute atomic E-state index is 11.5. The summed E-state index contributed by atoms with van der Waals surface area (Å²) in [7, 11) is 0. The molecule has 0 saturated carbocycles. The monoisotopic (exact) mass is 299 g/mol.